The average Bonchev–Trinajstić information content (AvgIpc) is 3.13. The minimum Gasteiger partial charge on any atom is -0.460 e. The number of nitrogens with one attached hydrogen (secondary N) is 1. The molecule has 0 fully saturated rings. The lowest BCUT2D eigenvalue weighted by Crippen LogP contribution is -2.66. The minimum atomic E-state index is -2.60. The Labute approximate surface area is 334 Å². The molecular weight excluding hydrogens is 701 g/mol. The predicted molar refractivity (Wildman–Crippen MR) is 230 cm³/mol. The molecule has 302 valence electrons. The number of carbonyl (C=O) groups is 2. The van der Waals surface area contributed by atoms with E-state index >= 15 is 0 Å². The highest BCUT2D eigenvalue weighted by Gasteiger charge is 2.50. The second kappa shape index (κ2) is 22.9. The van der Waals surface area contributed by atoms with Gasteiger partial charge < -0.3 is 14.3 Å². The van der Waals surface area contributed by atoms with Gasteiger partial charge in [-0.3, -0.25) is 15.0 Å². The van der Waals surface area contributed by atoms with E-state index in [1.807, 2.05) is 68.3 Å². The van der Waals surface area contributed by atoms with Gasteiger partial charge >= 0.3 is 5.97 Å². The summed E-state index contributed by atoms with van der Waals surface area (Å²) in [7, 11) is -2.60. The third-order valence-corrected chi connectivity index (χ3v) is 15.0. The summed E-state index contributed by atoms with van der Waals surface area (Å²) >= 11 is 0. The van der Waals surface area contributed by atoms with Crippen LogP contribution in [0.2, 0.25) is 5.04 Å². The van der Waals surface area contributed by atoms with Crippen LogP contribution in [-0.2, 0) is 18.8 Å². The van der Waals surface area contributed by atoms with Crippen LogP contribution in [-0.4, -0.2) is 62.2 Å². The number of rotatable bonds is 23. The normalized spacial score (nSPS) is 13.7. The van der Waals surface area contributed by atoms with Crippen LogP contribution in [0.3, 0.4) is 0 Å². The molecule has 55 heavy (non-hydrogen) atoms. The van der Waals surface area contributed by atoms with Crippen LogP contribution in [0.25, 0.3) is 6.08 Å². The van der Waals surface area contributed by atoms with Gasteiger partial charge in [0.15, 0.2) is 0 Å². The molecule has 8 heteroatoms. The first-order valence-electron chi connectivity index (χ1n) is 20.5. The first-order chi connectivity index (χ1) is 26.2. The first-order valence-corrected chi connectivity index (χ1v) is 22.4. The van der Waals surface area contributed by atoms with E-state index in [4.69, 9.17) is 9.16 Å². The third kappa shape index (κ3) is 15.1. The fourth-order valence-electron chi connectivity index (χ4n) is 7.30. The molecule has 2 atom stereocenters. The number of allylic oxidation sites excluding steroid dienone is 1. The number of nitrogens with zero attached hydrogens (tertiary/aromatic N) is 1. The number of hydrazine groups is 1. The largest absolute Gasteiger partial charge is 0.460 e. The molecule has 2 N–H and O–H groups in total. The quantitative estimate of drug-likeness (QED) is 0.0434. The molecule has 0 spiro atoms. The average molecular weight is 771 g/mol. The Morgan fingerprint density at radius 1 is 0.745 bits per heavy atom. The molecular formula is C47H70N2O5Si. The van der Waals surface area contributed by atoms with Crippen LogP contribution < -0.4 is 15.8 Å². The highest BCUT2D eigenvalue weighted by molar-refractivity contribution is 6.99. The molecule has 3 aromatic carbocycles. The first kappa shape index (κ1) is 45.8. The number of carbonyl (C=O) groups excluding carboxylic acids is 2. The Kier molecular flexibility index (Phi) is 19.0. The fraction of sp³-hybridized carbons (Fsp3) is 0.532. The van der Waals surface area contributed by atoms with E-state index in [0.717, 1.165) is 44.1 Å². The summed E-state index contributed by atoms with van der Waals surface area (Å²) in [6, 6.07) is 31.5. The summed E-state index contributed by atoms with van der Waals surface area (Å²) in [6.45, 7) is 18.9. The molecule has 1 amide bonds. The second-order valence-corrected chi connectivity index (χ2v) is 21.6. The van der Waals surface area contributed by atoms with Gasteiger partial charge in [-0.1, -0.05) is 138 Å². The molecule has 0 aromatic heterocycles. The molecule has 0 aliphatic carbocycles. The van der Waals surface area contributed by atoms with Crippen molar-refractivity contribution in [2.75, 3.05) is 26.3 Å². The Hall–Kier alpha value is -3.56. The number of aliphatic hydroxyl groups excluding tert-OH is 1. The third-order valence-electron chi connectivity index (χ3n) is 9.92. The highest BCUT2D eigenvalue weighted by atomic mass is 28.4. The van der Waals surface area contributed by atoms with E-state index in [1.165, 1.54) is 10.4 Å². The van der Waals surface area contributed by atoms with E-state index in [0.29, 0.717) is 32.5 Å². The highest BCUT2D eigenvalue weighted by Crippen LogP contribution is 2.37. The summed E-state index contributed by atoms with van der Waals surface area (Å²) in [5.74, 6) is -1.48. The Balaban J connectivity index is 1.75. The lowest BCUT2D eigenvalue weighted by atomic mass is 9.82. The molecule has 0 unspecified atom stereocenters. The molecule has 0 radical (unpaired) electrons. The van der Waals surface area contributed by atoms with Gasteiger partial charge in [0.25, 0.3) is 8.32 Å². The monoisotopic (exact) mass is 771 g/mol. The molecule has 0 heterocycles. The second-order valence-electron chi connectivity index (χ2n) is 17.2. The summed E-state index contributed by atoms with van der Waals surface area (Å²) in [5, 5.41) is 13.9. The number of hydrogen-bond acceptors (Lipinski definition) is 6. The van der Waals surface area contributed by atoms with Crippen molar-refractivity contribution < 1.29 is 23.9 Å². The van der Waals surface area contributed by atoms with E-state index in [9.17, 15) is 14.7 Å². The Bertz CT molecular complexity index is 1510. The molecule has 0 aliphatic heterocycles. The van der Waals surface area contributed by atoms with Gasteiger partial charge in [-0.05, 0) is 99.0 Å². The van der Waals surface area contributed by atoms with E-state index in [2.05, 4.69) is 101 Å². The van der Waals surface area contributed by atoms with Crippen molar-refractivity contribution in [3.05, 3.63) is 103 Å². The summed E-state index contributed by atoms with van der Waals surface area (Å²) in [4.78, 5) is 28.1. The molecule has 0 aliphatic rings. The zero-order valence-corrected chi connectivity index (χ0v) is 36.1. The van der Waals surface area contributed by atoms with Gasteiger partial charge in [0, 0.05) is 26.3 Å². The number of hydrogen-bond donors (Lipinski definition) is 2. The SMILES string of the molecule is CC(C)C[C@@H](C(=O)NN(CCCCCO)CCCCCO[Si](c1ccccc1)(c1ccccc1)C(C)(C)C)[C@H](C/C=C/c1ccccc1)C(=O)OC(C)(C)C. The van der Waals surface area contributed by atoms with E-state index in [-0.39, 0.29) is 29.4 Å². The minimum absolute atomic E-state index is 0.0770. The molecule has 7 nitrogen and oxygen atoms in total. The van der Waals surface area contributed by atoms with Crippen molar-refractivity contribution >= 4 is 36.6 Å². The van der Waals surface area contributed by atoms with Crippen molar-refractivity contribution in [2.24, 2.45) is 17.8 Å². The summed E-state index contributed by atoms with van der Waals surface area (Å²) < 4.78 is 13.0. The van der Waals surface area contributed by atoms with Crippen LogP contribution in [0.4, 0.5) is 0 Å². The van der Waals surface area contributed by atoms with Crippen LogP contribution in [0.1, 0.15) is 112 Å². The molecule has 3 rings (SSSR count). The van der Waals surface area contributed by atoms with Crippen LogP contribution in [0, 0.1) is 17.8 Å². The Morgan fingerprint density at radius 2 is 1.27 bits per heavy atom. The van der Waals surface area contributed by atoms with Crippen molar-refractivity contribution in [2.45, 2.75) is 117 Å². The van der Waals surface area contributed by atoms with Gasteiger partial charge in [-0.25, -0.2) is 5.01 Å². The zero-order chi connectivity index (χ0) is 40.3. The van der Waals surface area contributed by atoms with Crippen LogP contribution in [0.15, 0.2) is 97.1 Å². The predicted octanol–water partition coefficient (Wildman–Crippen LogP) is 8.95. The molecule has 0 saturated heterocycles. The number of aliphatic hydroxyl groups is 1. The number of benzene rings is 3. The van der Waals surface area contributed by atoms with Gasteiger partial charge in [-0.2, -0.15) is 0 Å². The Morgan fingerprint density at radius 3 is 1.76 bits per heavy atom. The lowest BCUT2D eigenvalue weighted by Gasteiger charge is -2.43. The topological polar surface area (TPSA) is 88.1 Å². The van der Waals surface area contributed by atoms with Crippen molar-refractivity contribution in [1.82, 2.24) is 10.4 Å². The summed E-state index contributed by atoms with van der Waals surface area (Å²) in [6.07, 6.45) is 10.1. The number of unbranched alkanes of at least 4 members (excludes halogenated alkanes) is 4. The maximum absolute atomic E-state index is 14.3. The number of ether oxygens (including phenoxy) is 1. The summed E-state index contributed by atoms with van der Waals surface area (Å²) in [5.41, 5.74) is 3.63. The zero-order valence-electron chi connectivity index (χ0n) is 35.1. The van der Waals surface area contributed by atoms with Gasteiger partial charge in [0.1, 0.15) is 5.60 Å². The molecule has 0 bridgehead atoms. The fourth-order valence-corrected chi connectivity index (χ4v) is 11.9. The van der Waals surface area contributed by atoms with Crippen molar-refractivity contribution in [1.29, 1.82) is 0 Å². The van der Waals surface area contributed by atoms with Gasteiger partial charge in [0.2, 0.25) is 5.91 Å². The standard InChI is InChI=1S/C47H70N2O5Si/c1-38(2)37-43(42(45(52)54-46(3,4)5)32-24-27-39-25-14-9-15-26-39)44(51)48-49(33-20-12-22-35-50)34-21-13-23-36-53-55(47(6,7)8,40-28-16-10-17-29-40)41-30-18-11-19-31-41/h9-11,14-19,24-31,38,42-43,50H,12-13,20-23,32-37H2,1-8H3,(H,48,51)/b27-24+/t42-,43+/m0/s1. The molecule has 0 saturated carbocycles. The van der Waals surface area contributed by atoms with E-state index < -0.39 is 25.8 Å². The molecule has 3 aromatic rings. The smallest absolute Gasteiger partial charge is 0.310 e. The van der Waals surface area contributed by atoms with Crippen LogP contribution >= 0.6 is 0 Å². The maximum atomic E-state index is 14.3. The van der Waals surface area contributed by atoms with Crippen molar-refractivity contribution in [3.63, 3.8) is 0 Å². The van der Waals surface area contributed by atoms with Crippen LogP contribution in [0.5, 0.6) is 0 Å². The van der Waals surface area contributed by atoms with E-state index in [1.54, 1.807) is 0 Å². The number of amides is 1. The van der Waals surface area contributed by atoms with Gasteiger partial charge in [0.05, 0.1) is 11.8 Å². The van der Waals surface area contributed by atoms with Crippen molar-refractivity contribution in [3.8, 4) is 0 Å². The van der Waals surface area contributed by atoms with Gasteiger partial charge in [-0.15, -0.1) is 0 Å². The lowest BCUT2D eigenvalue weighted by molar-refractivity contribution is -0.164. The maximum Gasteiger partial charge on any atom is 0.310 e. The number of esters is 1.